The van der Waals surface area contributed by atoms with Crippen LogP contribution in [0.25, 0.3) is 0 Å². The monoisotopic (exact) mass is 128 g/mol. The van der Waals surface area contributed by atoms with Crippen LogP contribution in [0.1, 0.15) is 27.7 Å². The maximum atomic E-state index is 3.93. The first kappa shape index (κ1) is 8.96. The molecule has 1 N–H and O–H groups in total. The summed E-state index contributed by atoms with van der Waals surface area (Å²) in [5.41, 5.74) is 0.0320. The van der Waals surface area contributed by atoms with E-state index in [1.54, 1.807) is 0 Å². The van der Waals surface area contributed by atoms with Crippen molar-refractivity contribution in [2.75, 3.05) is 6.54 Å². The molecule has 0 spiro atoms. The smallest absolute Gasteiger partial charge is 0.0125 e. The second-order valence-corrected chi connectivity index (χ2v) is 3.66. The Hall–Kier alpha value is -0.0400. The fourth-order valence-corrected chi connectivity index (χ4v) is 0.480. The summed E-state index contributed by atoms with van der Waals surface area (Å²) in [7, 11) is 0. The maximum absolute atomic E-state index is 3.93. The first-order chi connectivity index (χ1) is 3.92. The third-order valence-corrected chi connectivity index (χ3v) is 0.989. The Bertz CT molecular complexity index is 69.1. The van der Waals surface area contributed by atoms with Gasteiger partial charge in [-0.05, 0) is 33.2 Å². The van der Waals surface area contributed by atoms with Gasteiger partial charge in [-0.25, -0.2) is 0 Å². The highest BCUT2D eigenvalue weighted by Crippen LogP contribution is 1.99. The lowest BCUT2D eigenvalue weighted by atomic mass is 10.1. The van der Waals surface area contributed by atoms with Crippen LogP contribution in [0.2, 0.25) is 0 Å². The predicted octanol–water partition coefficient (Wildman–Crippen LogP) is 1.84. The second-order valence-electron chi connectivity index (χ2n) is 3.66. The third-order valence-electron chi connectivity index (χ3n) is 0.989. The lowest BCUT2D eigenvalue weighted by molar-refractivity contribution is 0.428. The Morgan fingerprint density at radius 1 is 1.44 bits per heavy atom. The van der Waals surface area contributed by atoms with Gasteiger partial charge in [-0.2, -0.15) is 0 Å². The zero-order valence-corrected chi connectivity index (χ0v) is 6.99. The van der Waals surface area contributed by atoms with Crippen molar-refractivity contribution in [3.05, 3.63) is 6.92 Å². The molecule has 0 saturated carbocycles. The van der Waals surface area contributed by atoms with Gasteiger partial charge in [-0.1, -0.05) is 13.8 Å². The predicted molar refractivity (Wildman–Crippen MR) is 42.3 cm³/mol. The van der Waals surface area contributed by atoms with Gasteiger partial charge in [0, 0.05) is 5.54 Å². The quantitative estimate of drug-likeness (QED) is 0.611. The minimum Gasteiger partial charge on any atom is -0.312 e. The summed E-state index contributed by atoms with van der Waals surface area (Å²) in [6, 6.07) is 0. The first-order valence-electron chi connectivity index (χ1n) is 3.52. The lowest BCUT2D eigenvalue weighted by Crippen LogP contribution is -2.38. The fourth-order valence-electron chi connectivity index (χ4n) is 0.480. The van der Waals surface area contributed by atoms with Gasteiger partial charge in [0.2, 0.25) is 0 Å². The molecule has 0 rings (SSSR count). The first-order valence-corrected chi connectivity index (χ1v) is 3.52. The highest BCUT2D eigenvalue weighted by Gasteiger charge is 2.08. The summed E-state index contributed by atoms with van der Waals surface area (Å²) in [6.07, 6.45) is 0. The van der Waals surface area contributed by atoms with Crippen LogP contribution in [-0.4, -0.2) is 12.1 Å². The van der Waals surface area contributed by atoms with Crippen LogP contribution >= 0.6 is 0 Å². The van der Waals surface area contributed by atoms with Crippen LogP contribution in [0.5, 0.6) is 0 Å². The van der Waals surface area contributed by atoms with Crippen molar-refractivity contribution in [1.29, 1.82) is 0 Å². The van der Waals surface area contributed by atoms with Gasteiger partial charge < -0.3 is 5.32 Å². The van der Waals surface area contributed by atoms with Gasteiger partial charge in [-0.3, -0.25) is 0 Å². The molecular formula is C8H18N. The fraction of sp³-hybridized carbons (Fsp3) is 0.875. The largest absolute Gasteiger partial charge is 0.312 e. The molecule has 0 amide bonds. The van der Waals surface area contributed by atoms with Gasteiger partial charge in [0.05, 0.1) is 0 Å². The minimum absolute atomic E-state index is 0.0320. The van der Waals surface area contributed by atoms with Crippen molar-refractivity contribution >= 4 is 0 Å². The molecule has 0 aliphatic heterocycles. The molecule has 0 saturated heterocycles. The van der Waals surface area contributed by atoms with E-state index in [1.165, 1.54) is 0 Å². The van der Waals surface area contributed by atoms with Gasteiger partial charge >= 0.3 is 0 Å². The zero-order chi connectivity index (χ0) is 7.49. The van der Waals surface area contributed by atoms with E-state index in [2.05, 4.69) is 39.9 Å². The summed E-state index contributed by atoms with van der Waals surface area (Å²) in [5.74, 6) is 0.714. The molecule has 0 aliphatic rings. The molecule has 0 bridgehead atoms. The minimum atomic E-state index is 0.0320. The number of hydrogen-bond acceptors (Lipinski definition) is 1. The normalized spacial score (nSPS) is 12.7. The molecule has 0 aromatic carbocycles. The molecule has 0 aliphatic carbocycles. The molecule has 0 aromatic rings. The number of rotatable bonds is 3. The topological polar surface area (TPSA) is 12.0 Å². The van der Waals surface area contributed by atoms with E-state index in [-0.39, 0.29) is 5.54 Å². The average molecular weight is 128 g/mol. The summed E-state index contributed by atoms with van der Waals surface area (Å²) in [4.78, 5) is 0. The molecule has 0 heterocycles. The van der Waals surface area contributed by atoms with E-state index in [1.807, 2.05) is 0 Å². The summed E-state index contributed by atoms with van der Waals surface area (Å²) in [6.45, 7) is 13.5. The molecule has 0 fully saturated rings. The summed E-state index contributed by atoms with van der Waals surface area (Å²) >= 11 is 0. The Kier molecular flexibility index (Phi) is 3.20. The van der Waals surface area contributed by atoms with Crippen molar-refractivity contribution in [3.63, 3.8) is 0 Å². The van der Waals surface area contributed by atoms with Crippen molar-refractivity contribution in [3.8, 4) is 0 Å². The highest BCUT2D eigenvalue weighted by atomic mass is 14.9. The van der Waals surface area contributed by atoms with E-state index >= 15 is 0 Å². The van der Waals surface area contributed by atoms with Crippen molar-refractivity contribution < 1.29 is 0 Å². The van der Waals surface area contributed by atoms with E-state index in [4.69, 9.17) is 0 Å². The summed E-state index contributed by atoms with van der Waals surface area (Å²) in [5, 5.41) is 3.31. The van der Waals surface area contributed by atoms with Crippen LogP contribution in [0.3, 0.4) is 0 Å². The Morgan fingerprint density at radius 2 is 1.89 bits per heavy atom. The molecule has 9 heavy (non-hydrogen) atoms. The van der Waals surface area contributed by atoms with Gasteiger partial charge in [0.15, 0.2) is 0 Å². The van der Waals surface area contributed by atoms with Crippen LogP contribution in [0.4, 0.5) is 0 Å². The molecule has 0 unspecified atom stereocenters. The van der Waals surface area contributed by atoms with Crippen LogP contribution in [-0.2, 0) is 0 Å². The Balaban J connectivity index is 3.28. The van der Waals surface area contributed by atoms with E-state index < -0.39 is 0 Å². The second kappa shape index (κ2) is 3.21. The van der Waals surface area contributed by atoms with Gasteiger partial charge in [-0.15, -0.1) is 0 Å². The molecule has 0 atom stereocenters. The Labute approximate surface area is 58.8 Å². The van der Waals surface area contributed by atoms with E-state index in [9.17, 15) is 0 Å². The Morgan fingerprint density at radius 3 is 2.00 bits per heavy atom. The van der Waals surface area contributed by atoms with Crippen LogP contribution in [0, 0.1) is 12.8 Å². The van der Waals surface area contributed by atoms with Crippen LogP contribution < -0.4 is 5.32 Å². The van der Waals surface area contributed by atoms with E-state index in [0.717, 1.165) is 6.54 Å². The van der Waals surface area contributed by atoms with Gasteiger partial charge in [0.25, 0.3) is 0 Å². The van der Waals surface area contributed by atoms with Gasteiger partial charge in [0.1, 0.15) is 0 Å². The average Bonchev–Trinajstić information content (AvgIpc) is 1.59. The summed E-state index contributed by atoms with van der Waals surface area (Å²) < 4.78 is 0. The molecule has 0 aromatic heterocycles. The molecule has 1 radical (unpaired) electrons. The molecular weight excluding hydrogens is 110 g/mol. The standard InChI is InChI=1S/C8H18N/c1-7(2)6-9-8(3,4)5/h7,9H,3,6H2,1-2,4-5H3. The van der Waals surface area contributed by atoms with Crippen molar-refractivity contribution in [1.82, 2.24) is 5.32 Å². The molecule has 55 valence electrons. The SMILES string of the molecule is [CH2]C(C)(C)NCC(C)C. The van der Waals surface area contributed by atoms with Crippen molar-refractivity contribution in [2.24, 2.45) is 5.92 Å². The maximum Gasteiger partial charge on any atom is 0.0125 e. The van der Waals surface area contributed by atoms with Crippen LogP contribution in [0.15, 0.2) is 0 Å². The highest BCUT2D eigenvalue weighted by molar-refractivity contribution is 4.79. The van der Waals surface area contributed by atoms with E-state index in [0.29, 0.717) is 5.92 Å². The number of hydrogen-bond donors (Lipinski definition) is 1. The number of nitrogens with one attached hydrogen (secondary N) is 1. The lowest BCUT2D eigenvalue weighted by Gasteiger charge is -2.21. The molecule has 1 nitrogen and oxygen atoms in total. The third kappa shape index (κ3) is 7.96. The molecule has 1 heteroatoms. The zero-order valence-electron chi connectivity index (χ0n) is 6.99. The van der Waals surface area contributed by atoms with Crippen molar-refractivity contribution in [2.45, 2.75) is 33.2 Å².